The first-order valence-corrected chi connectivity index (χ1v) is 16.3. The molecule has 11 heteroatoms. The number of oxime groups is 1. The van der Waals surface area contributed by atoms with Gasteiger partial charge in [-0.1, -0.05) is 43.1 Å². The standard InChI is InChI=1S/C38H42N6O5/c1-3-4-5-8-24-48-43-37(40)30-14-16-32(17-15-30)41-22-19-28-10-9-11-31(25-28)38(46)44(35-12-6-7-21-42-35)23-20-36(45)49-34-26-29(27-39)13-18-33(34)47-2/h6-7,9-18,21,25-26,41H,3-5,8,19-20,22-24H2,1-2H3,(H2,40,43). The van der Waals surface area contributed by atoms with E-state index in [2.05, 4.69) is 22.4 Å². The molecule has 3 aromatic carbocycles. The zero-order chi connectivity index (χ0) is 34.8. The first-order valence-electron chi connectivity index (χ1n) is 16.3. The van der Waals surface area contributed by atoms with Crippen molar-refractivity contribution < 1.29 is 23.9 Å². The number of nitrogens with two attached hydrogens (primary N) is 1. The lowest BCUT2D eigenvalue weighted by Gasteiger charge is -2.22. The third-order valence-corrected chi connectivity index (χ3v) is 7.58. The van der Waals surface area contributed by atoms with Crippen molar-refractivity contribution >= 4 is 29.2 Å². The number of hydrogen-bond acceptors (Lipinski definition) is 9. The molecule has 4 rings (SSSR count). The van der Waals surface area contributed by atoms with Crippen LogP contribution in [-0.4, -0.2) is 49.5 Å². The van der Waals surface area contributed by atoms with Gasteiger partial charge in [0, 0.05) is 42.2 Å². The molecular formula is C38H42N6O5. The van der Waals surface area contributed by atoms with Crippen LogP contribution in [0.3, 0.4) is 0 Å². The SMILES string of the molecule is CCCCCCON=C(N)c1ccc(NCCc2cccc(C(=O)N(CCC(=O)Oc3cc(C#N)ccc3OC)c3ccccn3)c2)cc1. The number of benzene rings is 3. The predicted octanol–water partition coefficient (Wildman–Crippen LogP) is 6.48. The number of esters is 1. The van der Waals surface area contributed by atoms with Gasteiger partial charge in [0.15, 0.2) is 17.3 Å². The molecular weight excluding hydrogens is 620 g/mol. The molecule has 1 amide bonds. The molecule has 0 bridgehead atoms. The Kier molecular flexibility index (Phi) is 14.0. The van der Waals surface area contributed by atoms with Crippen molar-refractivity contribution in [3.05, 3.63) is 113 Å². The Bertz CT molecular complexity index is 1740. The molecule has 4 aromatic rings. The fraction of sp³-hybridized carbons (Fsp3) is 0.289. The highest BCUT2D eigenvalue weighted by Crippen LogP contribution is 2.28. The Balaban J connectivity index is 1.34. The van der Waals surface area contributed by atoms with Gasteiger partial charge in [-0.05, 0) is 85.5 Å². The molecule has 0 unspecified atom stereocenters. The maximum absolute atomic E-state index is 13.8. The second kappa shape index (κ2) is 19.1. The van der Waals surface area contributed by atoms with Crippen LogP contribution in [0.1, 0.15) is 66.1 Å². The number of ether oxygens (including phenoxy) is 2. The fourth-order valence-electron chi connectivity index (χ4n) is 4.92. The quantitative estimate of drug-likeness (QED) is 0.0305. The molecule has 0 atom stereocenters. The van der Waals surface area contributed by atoms with Crippen molar-refractivity contribution in [2.75, 3.05) is 37.0 Å². The second-order valence-corrected chi connectivity index (χ2v) is 11.2. The average molecular weight is 663 g/mol. The molecule has 0 radical (unpaired) electrons. The maximum atomic E-state index is 13.8. The van der Waals surface area contributed by atoms with E-state index < -0.39 is 5.97 Å². The number of pyridine rings is 1. The monoisotopic (exact) mass is 662 g/mol. The molecule has 11 nitrogen and oxygen atoms in total. The van der Waals surface area contributed by atoms with E-state index in [0.717, 1.165) is 29.7 Å². The number of nitriles is 1. The van der Waals surface area contributed by atoms with Gasteiger partial charge in [0.25, 0.3) is 5.91 Å². The van der Waals surface area contributed by atoms with Gasteiger partial charge in [-0.15, -0.1) is 0 Å². The Hall–Kier alpha value is -5.89. The minimum absolute atomic E-state index is 0.0248. The molecule has 254 valence electrons. The van der Waals surface area contributed by atoms with Gasteiger partial charge in [-0.25, -0.2) is 4.98 Å². The van der Waals surface area contributed by atoms with E-state index in [4.69, 9.17) is 20.0 Å². The number of unbranched alkanes of at least 4 members (excludes halogenated alkanes) is 3. The summed E-state index contributed by atoms with van der Waals surface area (Å²) in [5.41, 5.74) is 9.54. The van der Waals surface area contributed by atoms with Crippen LogP contribution in [0.15, 0.2) is 96.3 Å². The predicted molar refractivity (Wildman–Crippen MR) is 190 cm³/mol. The number of nitrogens with zero attached hydrogens (tertiary/aromatic N) is 4. The normalized spacial score (nSPS) is 10.9. The Labute approximate surface area is 287 Å². The Morgan fingerprint density at radius 2 is 1.80 bits per heavy atom. The number of aromatic nitrogens is 1. The Morgan fingerprint density at radius 3 is 2.53 bits per heavy atom. The maximum Gasteiger partial charge on any atom is 0.313 e. The van der Waals surface area contributed by atoms with E-state index in [1.807, 2.05) is 48.5 Å². The van der Waals surface area contributed by atoms with E-state index in [0.29, 0.717) is 48.1 Å². The topological polar surface area (TPSA) is 152 Å². The molecule has 0 aliphatic rings. The number of rotatable bonds is 18. The fourth-order valence-corrected chi connectivity index (χ4v) is 4.92. The third kappa shape index (κ3) is 11.1. The van der Waals surface area contributed by atoms with Gasteiger partial charge in [0.1, 0.15) is 12.4 Å². The van der Waals surface area contributed by atoms with Crippen molar-refractivity contribution in [1.82, 2.24) is 4.98 Å². The highest BCUT2D eigenvalue weighted by atomic mass is 16.6. The number of hydrogen-bond donors (Lipinski definition) is 2. The lowest BCUT2D eigenvalue weighted by Crippen LogP contribution is -2.34. The average Bonchev–Trinajstić information content (AvgIpc) is 3.13. The number of amides is 1. The van der Waals surface area contributed by atoms with E-state index in [1.54, 1.807) is 42.6 Å². The summed E-state index contributed by atoms with van der Waals surface area (Å²) < 4.78 is 10.8. The summed E-state index contributed by atoms with van der Waals surface area (Å²) in [6, 6.07) is 26.9. The van der Waals surface area contributed by atoms with Gasteiger partial charge in [0.2, 0.25) is 0 Å². The second-order valence-electron chi connectivity index (χ2n) is 11.2. The van der Waals surface area contributed by atoms with E-state index in [9.17, 15) is 14.9 Å². The molecule has 1 aromatic heterocycles. The highest BCUT2D eigenvalue weighted by Gasteiger charge is 2.21. The largest absolute Gasteiger partial charge is 0.493 e. The number of amidine groups is 1. The summed E-state index contributed by atoms with van der Waals surface area (Å²) in [5.74, 6) is 0.313. The van der Waals surface area contributed by atoms with Crippen LogP contribution >= 0.6 is 0 Å². The molecule has 49 heavy (non-hydrogen) atoms. The molecule has 0 aliphatic heterocycles. The first kappa shape index (κ1) is 36.0. The molecule has 3 N–H and O–H groups in total. The molecule has 0 aliphatic carbocycles. The minimum Gasteiger partial charge on any atom is -0.493 e. The van der Waals surface area contributed by atoms with Crippen molar-refractivity contribution in [3.8, 4) is 17.6 Å². The van der Waals surface area contributed by atoms with E-state index in [1.165, 1.54) is 30.9 Å². The number of carbonyl (C=O) groups excluding carboxylic acids is 2. The van der Waals surface area contributed by atoms with Crippen molar-refractivity contribution in [3.63, 3.8) is 0 Å². The van der Waals surface area contributed by atoms with Crippen LogP contribution in [0.2, 0.25) is 0 Å². The van der Waals surface area contributed by atoms with Crippen LogP contribution in [0.5, 0.6) is 11.5 Å². The lowest BCUT2D eigenvalue weighted by atomic mass is 10.1. The van der Waals surface area contributed by atoms with Gasteiger partial charge in [0.05, 0.1) is 25.2 Å². The minimum atomic E-state index is -0.587. The molecule has 0 fully saturated rings. The molecule has 1 heterocycles. The summed E-state index contributed by atoms with van der Waals surface area (Å²) in [5, 5.41) is 16.7. The smallest absolute Gasteiger partial charge is 0.313 e. The van der Waals surface area contributed by atoms with Crippen molar-refractivity contribution in [2.24, 2.45) is 10.9 Å². The molecule has 0 saturated carbocycles. The van der Waals surface area contributed by atoms with Gasteiger partial charge >= 0.3 is 5.97 Å². The van der Waals surface area contributed by atoms with E-state index in [-0.39, 0.29) is 24.6 Å². The van der Waals surface area contributed by atoms with Crippen LogP contribution < -0.4 is 25.4 Å². The van der Waals surface area contributed by atoms with Crippen LogP contribution in [0.4, 0.5) is 11.5 Å². The van der Waals surface area contributed by atoms with Crippen LogP contribution in [-0.2, 0) is 16.1 Å². The molecule has 0 saturated heterocycles. The van der Waals surface area contributed by atoms with Gasteiger partial charge in [-0.3, -0.25) is 14.5 Å². The van der Waals surface area contributed by atoms with Crippen molar-refractivity contribution in [2.45, 2.75) is 45.4 Å². The summed E-state index contributed by atoms with van der Waals surface area (Å²) in [4.78, 5) is 37.8. The number of methoxy groups -OCH3 is 1. The lowest BCUT2D eigenvalue weighted by molar-refractivity contribution is -0.134. The van der Waals surface area contributed by atoms with Gasteiger partial charge in [-0.2, -0.15) is 5.26 Å². The van der Waals surface area contributed by atoms with Crippen molar-refractivity contribution in [1.29, 1.82) is 5.26 Å². The first-order chi connectivity index (χ1) is 23.9. The summed E-state index contributed by atoms with van der Waals surface area (Å²) in [7, 11) is 1.45. The Morgan fingerprint density at radius 1 is 0.959 bits per heavy atom. The number of anilines is 2. The van der Waals surface area contributed by atoms with Crippen LogP contribution in [0.25, 0.3) is 0 Å². The summed E-state index contributed by atoms with van der Waals surface area (Å²) in [6.45, 7) is 3.38. The van der Waals surface area contributed by atoms with E-state index >= 15 is 0 Å². The third-order valence-electron chi connectivity index (χ3n) is 7.58. The van der Waals surface area contributed by atoms with Gasteiger partial charge < -0.3 is 25.4 Å². The summed E-state index contributed by atoms with van der Waals surface area (Å²) in [6.07, 6.45) is 6.57. The molecule has 0 spiro atoms. The highest BCUT2D eigenvalue weighted by molar-refractivity contribution is 6.06. The zero-order valence-electron chi connectivity index (χ0n) is 27.9. The zero-order valence-corrected chi connectivity index (χ0v) is 27.9. The number of nitrogens with one attached hydrogen (secondary N) is 1. The summed E-state index contributed by atoms with van der Waals surface area (Å²) >= 11 is 0. The van der Waals surface area contributed by atoms with Crippen LogP contribution in [0, 0.1) is 11.3 Å². The number of carbonyl (C=O) groups is 2.